The molecule has 1 unspecified atom stereocenters. The molecule has 19 heavy (non-hydrogen) atoms. The lowest BCUT2D eigenvalue weighted by Crippen LogP contribution is -2.47. The molecule has 0 radical (unpaired) electrons. The molecule has 1 aromatic rings. The number of hydrogen-bond acceptors (Lipinski definition) is 3. The molecule has 2 rings (SSSR count). The third-order valence-corrected chi connectivity index (χ3v) is 4.15. The number of rotatable bonds is 4. The van der Waals surface area contributed by atoms with Crippen molar-refractivity contribution in [1.82, 2.24) is 4.90 Å². The van der Waals surface area contributed by atoms with Gasteiger partial charge in [-0.3, -0.25) is 4.90 Å². The number of piperazine rings is 1. The maximum Gasteiger partial charge on any atom is 0.0524 e. The summed E-state index contributed by atoms with van der Waals surface area (Å²) in [7, 11) is 0. The lowest BCUT2D eigenvalue weighted by atomic mass is 10.1. The van der Waals surface area contributed by atoms with Crippen LogP contribution in [0.4, 0.5) is 5.69 Å². The first-order valence-electron chi connectivity index (χ1n) is 7.29. The smallest absolute Gasteiger partial charge is 0.0524 e. The fourth-order valence-electron chi connectivity index (χ4n) is 2.66. The number of benzene rings is 1. The van der Waals surface area contributed by atoms with Gasteiger partial charge in [-0.25, -0.2) is 0 Å². The molecule has 1 saturated heterocycles. The number of aliphatic hydroxyl groups is 1. The Labute approximate surface area is 116 Å². The van der Waals surface area contributed by atoms with E-state index in [1.54, 1.807) is 0 Å². The van der Waals surface area contributed by atoms with Crippen LogP contribution in [0.5, 0.6) is 0 Å². The lowest BCUT2D eigenvalue weighted by molar-refractivity contribution is 0.153. The van der Waals surface area contributed by atoms with Crippen LogP contribution in [0.2, 0.25) is 0 Å². The van der Waals surface area contributed by atoms with Crippen molar-refractivity contribution in [3.05, 3.63) is 29.3 Å². The Morgan fingerprint density at radius 3 is 2.47 bits per heavy atom. The fourth-order valence-corrected chi connectivity index (χ4v) is 2.66. The molecule has 106 valence electrons. The highest BCUT2D eigenvalue weighted by Crippen LogP contribution is 2.23. The standard InChI is InChI=1S/C16H26N2O/c1-13-5-4-6-16(15(13)3)18-11-9-17(10-12-18)8-7-14(2)19/h4-6,14,19H,7-12H2,1-3H3. The summed E-state index contributed by atoms with van der Waals surface area (Å²) in [6.07, 6.45) is 0.695. The van der Waals surface area contributed by atoms with E-state index in [-0.39, 0.29) is 6.10 Å². The second-order valence-corrected chi connectivity index (χ2v) is 5.69. The molecule has 0 spiro atoms. The quantitative estimate of drug-likeness (QED) is 0.901. The molecule has 0 bridgehead atoms. The summed E-state index contributed by atoms with van der Waals surface area (Å²) in [5.74, 6) is 0. The van der Waals surface area contributed by atoms with Gasteiger partial charge in [0.25, 0.3) is 0 Å². The zero-order chi connectivity index (χ0) is 13.8. The molecule has 0 saturated carbocycles. The number of anilines is 1. The number of nitrogens with zero attached hydrogens (tertiary/aromatic N) is 2. The van der Waals surface area contributed by atoms with E-state index in [4.69, 9.17) is 0 Å². The molecule has 3 heteroatoms. The van der Waals surface area contributed by atoms with Crippen LogP contribution in [0.15, 0.2) is 18.2 Å². The Morgan fingerprint density at radius 1 is 1.16 bits per heavy atom. The zero-order valence-electron chi connectivity index (χ0n) is 12.4. The van der Waals surface area contributed by atoms with Crippen molar-refractivity contribution in [2.75, 3.05) is 37.6 Å². The minimum Gasteiger partial charge on any atom is -0.393 e. The minimum atomic E-state index is -0.183. The molecule has 1 N–H and O–H groups in total. The molecular weight excluding hydrogens is 236 g/mol. The normalized spacial score (nSPS) is 18.6. The van der Waals surface area contributed by atoms with Gasteiger partial charge in [0.2, 0.25) is 0 Å². The van der Waals surface area contributed by atoms with Gasteiger partial charge in [-0.15, -0.1) is 0 Å². The van der Waals surface area contributed by atoms with Gasteiger partial charge in [0.1, 0.15) is 0 Å². The highest BCUT2D eigenvalue weighted by Gasteiger charge is 2.18. The van der Waals surface area contributed by atoms with Gasteiger partial charge in [0.15, 0.2) is 0 Å². The van der Waals surface area contributed by atoms with Crippen LogP contribution in [-0.4, -0.2) is 48.8 Å². The van der Waals surface area contributed by atoms with Crippen LogP contribution in [0.3, 0.4) is 0 Å². The van der Waals surface area contributed by atoms with Crippen LogP contribution in [-0.2, 0) is 0 Å². The maximum absolute atomic E-state index is 9.34. The van der Waals surface area contributed by atoms with Gasteiger partial charge in [0, 0.05) is 38.4 Å². The van der Waals surface area contributed by atoms with Crippen LogP contribution in [0.1, 0.15) is 24.5 Å². The summed E-state index contributed by atoms with van der Waals surface area (Å²) in [4.78, 5) is 4.94. The van der Waals surface area contributed by atoms with Crippen molar-refractivity contribution in [3.8, 4) is 0 Å². The van der Waals surface area contributed by atoms with Crippen LogP contribution < -0.4 is 4.90 Å². The summed E-state index contributed by atoms with van der Waals surface area (Å²) < 4.78 is 0. The average Bonchev–Trinajstić information content (AvgIpc) is 2.40. The molecule has 1 aliphatic rings. The summed E-state index contributed by atoms with van der Waals surface area (Å²) in [6.45, 7) is 11.6. The third-order valence-electron chi connectivity index (χ3n) is 4.15. The van der Waals surface area contributed by atoms with Gasteiger partial charge in [0.05, 0.1) is 6.10 Å². The lowest BCUT2D eigenvalue weighted by Gasteiger charge is -2.37. The van der Waals surface area contributed by atoms with Gasteiger partial charge in [-0.1, -0.05) is 12.1 Å². The van der Waals surface area contributed by atoms with E-state index in [9.17, 15) is 5.11 Å². The summed E-state index contributed by atoms with van der Waals surface area (Å²) in [6, 6.07) is 6.56. The zero-order valence-corrected chi connectivity index (χ0v) is 12.4. The molecule has 1 aliphatic heterocycles. The molecule has 1 atom stereocenters. The van der Waals surface area contributed by atoms with Crippen molar-refractivity contribution in [1.29, 1.82) is 0 Å². The third kappa shape index (κ3) is 3.71. The predicted octanol–water partition coefficient (Wildman–Crippen LogP) is 2.20. The number of aliphatic hydroxyl groups excluding tert-OH is 1. The van der Waals surface area contributed by atoms with E-state index < -0.39 is 0 Å². The number of hydrogen-bond donors (Lipinski definition) is 1. The van der Waals surface area contributed by atoms with Crippen LogP contribution in [0.25, 0.3) is 0 Å². The Kier molecular flexibility index (Phi) is 4.83. The maximum atomic E-state index is 9.34. The van der Waals surface area contributed by atoms with E-state index >= 15 is 0 Å². The van der Waals surface area contributed by atoms with E-state index in [1.807, 2.05) is 6.92 Å². The van der Waals surface area contributed by atoms with Crippen molar-refractivity contribution >= 4 is 5.69 Å². The van der Waals surface area contributed by atoms with Crippen molar-refractivity contribution < 1.29 is 5.11 Å². The first-order chi connectivity index (χ1) is 9.08. The topological polar surface area (TPSA) is 26.7 Å². The van der Waals surface area contributed by atoms with Crippen LogP contribution in [0, 0.1) is 13.8 Å². The first kappa shape index (κ1) is 14.4. The Hall–Kier alpha value is -1.06. The van der Waals surface area contributed by atoms with Crippen molar-refractivity contribution in [2.45, 2.75) is 33.3 Å². The van der Waals surface area contributed by atoms with E-state index in [2.05, 4.69) is 41.8 Å². The van der Waals surface area contributed by atoms with Gasteiger partial charge >= 0.3 is 0 Å². The van der Waals surface area contributed by atoms with Gasteiger partial charge in [-0.05, 0) is 44.4 Å². The summed E-state index contributed by atoms with van der Waals surface area (Å²) in [5.41, 5.74) is 4.16. The van der Waals surface area contributed by atoms with Crippen molar-refractivity contribution in [3.63, 3.8) is 0 Å². The highest BCUT2D eigenvalue weighted by atomic mass is 16.3. The summed E-state index contributed by atoms with van der Waals surface area (Å²) in [5, 5.41) is 9.34. The second kappa shape index (κ2) is 6.40. The second-order valence-electron chi connectivity index (χ2n) is 5.69. The summed E-state index contributed by atoms with van der Waals surface area (Å²) >= 11 is 0. The molecule has 1 aromatic carbocycles. The Morgan fingerprint density at radius 2 is 1.84 bits per heavy atom. The monoisotopic (exact) mass is 262 g/mol. The molecule has 1 heterocycles. The number of aryl methyl sites for hydroxylation is 1. The fraction of sp³-hybridized carbons (Fsp3) is 0.625. The molecule has 0 amide bonds. The van der Waals surface area contributed by atoms with Crippen molar-refractivity contribution in [2.24, 2.45) is 0 Å². The van der Waals surface area contributed by atoms with Crippen LogP contribution >= 0.6 is 0 Å². The molecule has 0 aromatic heterocycles. The predicted molar refractivity (Wildman–Crippen MR) is 80.9 cm³/mol. The molecule has 3 nitrogen and oxygen atoms in total. The Bertz CT molecular complexity index is 409. The van der Waals surface area contributed by atoms with E-state index in [0.717, 1.165) is 39.1 Å². The molecular formula is C16H26N2O. The van der Waals surface area contributed by atoms with E-state index in [0.29, 0.717) is 0 Å². The van der Waals surface area contributed by atoms with E-state index in [1.165, 1.54) is 16.8 Å². The highest BCUT2D eigenvalue weighted by molar-refractivity contribution is 5.56. The minimum absolute atomic E-state index is 0.183. The molecule has 1 fully saturated rings. The average molecular weight is 262 g/mol. The Balaban J connectivity index is 1.91. The SMILES string of the molecule is Cc1cccc(N2CCN(CCC(C)O)CC2)c1C. The van der Waals surface area contributed by atoms with Gasteiger partial charge < -0.3 is 10.0 Å². The van der Waals surface area contributed by atoms with Gasteiger partial charge in [-0.2, -0.15) is 0 Å². The molecule has 0 aliphatic carbocycles. The first-order valence-corrected chi connectivity index (χ1v) is 7.29. The largest absolute Gasteiger partial charge is 0.393 e.